The molecule has 1 aromatic heterocycles. The van der Waals surface area contributed by atoms with Crippen molar-refractivity contribution >= 4 is 11.8 Å². The number of furan rings is 1. The topological polar surface area (TPSA) is 57.0 Å². The smallest absolute Gasteiger partial charge is 0.236 e. The molecule has 2 amide bonds. The standard InChI is InChI=1S/C16H27N3O3/c1-6-19(7-2)16(21)12-17(4)11-15(20)18(5)10-14-9-8-13(3)22-14/h8-9H,6-7,10-12H2,1-5H3. The van der Waals surface area contributed by atoms with Gasteiger partial charge in [0.2, 0.25) is 11.8 Å². The van der Waals surface area contributed by atoms with Crippen LogP contribution in [0.3, 0.4) is 0 Å². The highest BCUT2D eigenvalue weighted by Crippen LogP contribution is 2.08. The van der Waals surface area contributed by atoms with Crippen LogP contribution in [-0.4, -0.2) is 66.8 Å². The molecule has 1 aromatic rings. The van der Waals surface area contributed by atoms with Crippen molar-refractivity contribution in [3.63, 3.8) is 0 Å². The zero-order chi connectivity index (χ0) is 16.7. The van der Waals surface area contributed by atoms with Crippen molar-refractivity contribution in [2.24, 2.45) is 0 Å². The third-order valence-electron chi connectivity index (χ3n) is 3.54. The zero-order valence-corrected chi connectivity index (χ0v) is 14.3. The SMILES string of the molecule is CCN(CC)C(=O)CN(C)CC(=O)N(C)Cc1ccc(C)o1. The van der Waals surface area contributed by atoms with Crippen molar-refractivity contribution in [2.75, 3.05) is 40.3 Å². The van der Waals surface area contributed by atoms with Gasteiger partial charge in [-0.15, -0.1) is 0 Å². The number of hydrogen-bond donors (Lipinski definition) is 0. The van der Waals surface area contributed by atoms with Gasteiger partial charge in [0.05, 0.1) is 19.6 Å². The molecule has 0 radical (unpaired) electrons. The van der Waals surface area contributed by atoms with Crippen LogP contribution >= 0.6 is 0 Å². The summed E-state index contributed by atoms with van der Waals surface area (Å²) in [4.78, 5) is 29.3. The third-order valence-corrected chi connectivity index (χ3v) is 3.54. The second kappa shape index (κ2) is 8.58. The molecule has 0 saturated carbocycles. The second-order valence-corrected chi connectivity index (χ2v) is 5.50. The normalized spacial score (nSPS) is 10.8. The lowest BCUT2D eigenvalue weighted by atomic mass is 10.3. The molecule has 0 fully saturated rings. The van der Waals surface area contributed by atoms with Gasteiger partial charge < -0.3 is 14.2 Å². The molecule has 0 aromatic carbocycles. The molecule has 0 N–H and O–H groups in total. The highest BCUT2D eigenvalue weighted by Gasteiger charge is 2.17. The Morgan fingerprint density at radius 1 is 1.05 bits per heavy atom. The summed E-state index contributed by atoms with van der Waals surface area (Å²) in [6.45, 7) is 8.05. The fourth-order valence-electron chi connectivity index (χ4n) is 2.21. The number of aryl methyl sites for hydroxylation is 1. The number of rotatable bonds is 8. The Morgan fingerprint density at radius 3 is 2.14 bits per heavy atom. The third kappa shape index (κ3) is 5.52. The van der Waals surface area contributed by atoms with E-state index in [0.717, 1.165) is 11.5 Å². The molecule has 0 aliphatic heterocycles. The van der Waals surface area contributed by atoms with Gasteiger partial charge in [0.1, 0.15) is 11.5 Å². The Balaban J connectivity index is 2.44. The maximum Gasteiger partial charge on any atom is 0.236 e. The molecule has 0 bridgehead atoms. The summed E-state index contributed by atoms with van der Waals surface area (Å²) in [6, 6.07) is 3.75. The molecule has 22 heavy (non-hydrogen) atoms. The minimum absolute atomic E-state index is 0.0381. The van der Waals surface area contributed by atoms with E-state index in [4.69, 9.17) is 4.42 Å². The van der Waals surface area contributed by atoms with Crippen molar-refractivity contribution < 1.29 is 14.0 Å². The number of likely N-dealkylation sites (N-methyl/N-ethyl adjacent to an activating group) is 3. The molecule has 0 unspecified atom stereocenters. The summed E-state index contributed by atoms with van der Waals surface area (Å²) >= 11 is 0. The average molecular weight is 309 g/mol. The number of carbonyl (C=O) groups excluding carboxylic acids is 2. The van der Waals surface area contributed by atoms with Gasteiger partial charge in [0.25, 0.3) is 0 Å². The molecule has 124 valence electrons. The Hall–Kier alpha value is -1.82. The molecule has 0 atom stereocenters. The van der Waals surface area contributed by atoms with Gasteiger partial charge in [-0.2, -0.15) is 0 Å². The number of amides is 2. The van der Waals surface area contributed by atoms with E-state index < -0.39 is 0 Å². The lowest BCUT2D eigenvalue weighted by Crippen LogP contribution is -2.42. The Morgan fingerprint density at radius 2 is 1.64 bits per heavy atom. The van der Waals surface area contributed by atoms with E-state index in [-0.39, 0.29) is 24.9 Å². The van der Waals surface area contributed by atoms with Gasteiger partial charge in [0.15, 0.2) is 0 Å². The van der Waals surface area contributed by atoms with Gasteiger partial charge in [-0.1, -0.05) is 0 Å². The first kappa shape index (κ1) is 18.2. The van der Waals surface area contributed by atoms with E-state index in [0.29, 0.717) is 19.6 Å². The van der Waals surface area contributed by atoms with Gasteiger partial charge >= 0.3 is 0 Å². The quantitative estimate of drug-likeness (QED) is 0.727. The van der Waals surface area contributed by atoms with E-state index in [1.54, 1.807) is 28.8 Å². The maximum absolute atomic E-state index is 12.2. The van der Waals surface area contributed by atoms with Crippen molar-refractivity contribution in [1.29, 1.82) is 0 Å². The molecular weight excluding hydrogens is 282 g/mol. The lowest BCUT2D eigenvalue weighted by Gasteiger charge is -2.24. The van der Waals surface area contributed by atoms with Gasteiger partial charge in [0, 0.05) is 20.1 Å². The van der Waals surface area contributed by atoms with Crippen molar-refractivity contribution in [3.8, 4) is 0 Å². The first-order valence-electron chi connectivity index (χ1n) is 7.62. The zero-order valence-electron chi connectivity index (χ0n) is 14.3. The van der Waals surface area contributed by atoms with Crippen LogP contribution in [0.1, 0.15) is 25.4 Å². The predicted octanol–water partition coefficient (Wildman–Crippen LogP) is 1.35. The van der Waals surface area contributed by atoms with Crippen LogP contribution in [0, 0.1) is 6.92 Å². The Kier molecular flexibility index (Phi) is 7.11. The number of nitrogens with zero attached hydrogens (tertiary/aromatic N) is 3. The molecule has 1 rings (SSSR count). The summed E-state index contributed by atoms with van der Waals surface area (Å²) in [5.41, 5.74) is 0. The van der Waals surface area contributed by atoms with E-state index in [1.165, 1.54) is 0 Å². The van der Waals surface area contributed by atoms with Crippen molar-refractivity contribution in [2.45, 2.75) is 27.3 Å². The van der Waals surface area contributed by atoms with Crippen LogP contribution in [0.2, 0.25) is 0 Å². The molecule has 6 heteroatoms. The lowest BCUT2D eigenvalue weighted by molar-refractivity contribution is -0.134. The number of carbonyl (C=O) groups is 2. The fourth-order valence-corrected chi connectivity index (χ4v) is 2.21. The van der Waals surface area contributed by atoms with Gasteiger partial charge in [-0.05, 0) is 40.0 Å². The van der Waals surface area contributed by atoms with E-state index in [9.17, 15) is 9.59 Å². The van der Waals surface area contributed by atoms with Crippen LogP contribution in [0.4, 0.5) is 0 Å². The van der Waals surface area contributed by atoms with Crippen LogP contribution in [-0.2, 0) is 16.1 Å². The van der Waals surface area contributed by atoms with Crippen LogP contribution in [0.25, 0.3) is 0 Å². The molecule has 0 spiro atoms. The van der Waals surface area contributed by atoms with Crippen molar-refractivity contribution in [1.82, 2.24) is 14.7 Å². The second-order valence-electron chi connectivity index (χ2n) is 5.50. The minimum atomic E-state index is -0.0381. The molecule has 1 heterocycles. The van der Waals surface area contributed by atoms with Gasteiger partial charge in [-0.3, -0.25) is 14.5 Å². The first-order chi connectivity index (χ1) is 10.4. The minimum Gasteiger partial charge on any atom is -0.464 e. The maximum atomic E-state index is 12.2. The first-order valence-corrected chi connectivity index (χ1v) is 7.62. The fraction of sp³-hybridized carbons (Fsp3) is 0.625. The summed E-state index contributed by atoms with van der Waals surface area (Å²) in [6.07, 6.45) is 0. The molecular formula is C16H27N3O3. The van der Waals surface area contributed by atoms with Crippen LogP contribution in [0.5, 0.6) is 0 Å². The summed E-state index contributed by atoms with van der Waals surface area (Å²) in [7, 11) is 3.52. The molecule has 0 saturated heterocycles. The van der Waals surface area contributed by atoms with Crippen LogP contribution < -0.4 is 0 Å². The van der Waals surface area contributed by atoms with E-state index >= 15 is 0 Å². The highest BCUT2D eigenvalue weighted by molar-refractivity contribution is 5.81. The Labute approximate surface area is 132 Å². The number of hydrogen-bond acceptors (Lipinski definition) is 4. The highest BCUT2D eigenvalue weighted by atomic mass is 16.3. The molecule has 0 aliphatic rings. The summed E-state index contributed by atoms with van der Waals surface area (Å²) < 4.78 is 5.47. The monoisotopic (exact) mass is 309 g/mol. The summed E-state index contributed by atoms with van der Waals surface area (Å²) in [5.74, 6) is 1.60. The molecule has 0 aliphatic carbocycles. The largest absolute Gasteiger partial charge is 0.464 e. The average Bonchev–Trinajstić information content (AvgIpc) is 2.85. The Bertz CT molecular complexity index is 495. The van der Waals surface area contributed by atoms with Crippen LogP contribution in [0.15, 0.2) is 16.5 Å². The van der Waals surface area contributed by atoms with Crippen molar-refractivity contribution in [3.05, 3.63) is 23.7 Å². The van der Waals surface area contributed by atoms with E-state index in [1.807, 2.05) is 32.9 Å². The predicted molar refractivity (Wildman–Crippen MR) is 85.3 cm³/mol. The van der Waals surface area contributed by atoms with E-state index in [2.05, 4.69) is 0 Å². The van der Waals surface area contributed by atoms with Gasteiger partial charge in [-0.25, -0.2) is 0 Å². The summed E-state index contributed by atoms with van der Waals surface area (Å²) in [5, 5.41) is 0. The molecule has 6 nitrogen and oxygen atoms in total.